The first-order chi connectivity index (χ1) is 8.52. The van der Waals surface area contributed by atoms with Crippen LogP contribution in [0.4, 0.5) is 5.69 Å². The summed E-state index contributed by atoms with van der Waals surface area (Å²) in [4.78, 5) is 22.5. The molecule has 0 bridgehead atoms. The SMILES string of the molecule is Cc1ccc(NC(=O)CCNC(=O)CCl)c(C)c1. The summed E-state index contributed by atoms with van der Waals surface area (Å²) >= 11 is 5.32. The van der Waals surface area contributed by atoms with Gasteiger partial charge in [-0.1, -0.05) is 17.7 Å². The minimum Gasteiger partial charge on any atom is -0.355 e. The highest BCUT2D eigenvalue weighted by molar-refractivity contribution is 6.27. The Bertz CT molecular complexity index is 447. The molecule has 0 aromatic heterocycles. The molecule has 0 saturated heterocycles. The Hall–Kier alpha value is -1.55. The van der Waals surface area contributed by atoms with E-state index >= 15 is 0 Å². The zero-order valence-electron chi connectivity index (χ0n) is 10.5. The summed E-state index contributed by atoms with van der Waals surface area (Å²) in [7, 11) is 0. The van der Waals surface area contributed by atoms with Crippen LogP contribution in [-0.2, 0) is 9.59 Å². The van der Waals surface area contributed by atoms with Crippen molar-refractivity contribution in [3.05, 3.63) is 29.3 Å². The van der Waals surface area contributed by atoms with Gasteiger partial charge < -0.3 is 10.6 Å². The van der Waals surface area contributed by atoms with Gasteiger partial charge >= 0.3 is 0 Å². The zero-order chi connectivity index (χ0) is 13.5. The molecule has 0 saturated carbocycles. The van der Waals surface area contributed by atoms with Crippen LogP contribution in [0.25, 0.3) is 0 Å². The summed E-state index contributed by atoms with van der Waals surface area (Å²) in [6.07, 6.45) is 0.232. The topological polar surface area (TPSA) is 58.2 Å². The maximum absolute atomic E-state index is 11.6. The number of hydrogen-bond donors (Lipinski definition) is 2. The molecule has 0 aliphatic heterocycles. The maximum Gasteiger partial charge on any atom is 0.234 e. The number of hydrogen-bond acceptors (Lipinski definition) is 2. The Labute approximate surface area is 112 Å². The molecule has 0 unspecified atom stereocenters. The fraction of sp³-hybridized carbons (Fsp3) is 0.385. The lowest BCUT2D eigenvalue weighted by Crippen LogP contribution is -2.28. The number of amides is 2. The number of aryl methyl sites for hydroxylation is 2. The molecule has 1 rings (SSSR count). The Kier molecular flexibility index (Phi) is 5.65. The lowest BCUT2D eigenvalue weighted by Gasteiger charge is -2.09. The van der Waals surface area contributed by atoms with Crippen molar-refractivity contribution >= 4 is 29.1 Å². The minimum absolute atomic E-state index is 0.0846. The van der Waals surface area contributed by atoms with Gasteiger partial charge in [0.15, 0.2) is 0 Å². The van der Waals surface area contributed by atoms with E-state index in [0.29, 0.717) is 6.54 Å². The predicted molar refractivity (Wildman–Crippen MR) is 72.9 cm³/mol. The van der Waals surface area contributed by atoms with E-state index in [9.17, 15) is 9.59 Å². The van der Waals surface area contributed by atoms with E-state index < -0.39 is 0 Å². The van der Waals surface area contributed by atoms with Crippen molar-refractivity contribution in [3.63, 3.8) is 0 Å². The third-order valence-electron chi connectivity index (χ3n) is 2.45. The number of alkyl halides is 1. The Balaban J connectivity index is 2.42. The van der Waals surface area contributed by atoms with E-state index in [1.807, 2.05) is 32.0 Å². The van der Waals surface area contributed by atoms with Gasteiger partial charge in [0.05, 0.1) is 0 Å². The van der Waals surface area contributed by atoms with Crippen LogP contribution >= 0.6 is 11.6 Å². The molecule has 0 radical (unpaired) electrons. The number of carbonyl (C=O) groups is 2. The molecule has 5 heteroatoms. The molecule has 1 aromatic rings. The van der Waals surface area contributed by atoms with E-state index in [-0.39, 0.29) is 24.1 Å². The van der Waals surface area contributed by atoms with Crippen LogP contribution in [-0.4, -0.2) is 24.2 Å². The predicted octanol–water partition coefficient (Wildman–Crippen LogP) is 1.99. The van der Waals surface area contributed by atoms with Crippen molar-refractivity contribution in [2.45, 2.75) is 20.3 Å². The maximum atomic E-state index is 11.6. The van der Waals surface area contributed by atoms with Gasteiger partial charge in [0.25, 0.3) is 0 Å². The Morgan fingerprint density at radius 2 is 1.94 bits per heavy atom. The number of nitrogens with one attached hydrogen (secondary N) is 2. The Morgan fingerprint density at radius 3 is 2.56 bits per heavy atom. The summed E-state index contributed by atoms with van der Waals surface area (Å²) in [6, 6.07) is 5.82. The molecule has 18 heavy (non-hydrogen) atoms. The highest BCUT2D eigenvalue weighted by atomic mass is 35.5. The molecule has 1 aromatic carbocycles. The molecule has 4 nitrogen and oxygen atoms in total. The smallest absolute Gasteiger partial charge is 0.234 e. The van der Waals surface area contributed by atoms with Crippen LogP contribution in [0.1, 0.15) is 17.5 Å². The molecule has 0 aliphatic rings. The van der Waals surface area contributed by atoms with Crippen LogP contribution in [0.15, 0.2) is 18.2 Å². The number of halogens is 1. The summed E-state index contributed by atoms with van der Waals surface area (Å²) < 4.78 is 0. The number of rotatable bonds is 5. The van der Waals surface area contributed by atoms with Gasteiger partial charge in [-0.25, -0.2) is 0 Å². The van der Waals surface area contributed by atoms with Crippen LogP contribution in [0, 0.1) is 13.8 Å². The second-order valence-electron chi connectivity index (χ2n) is 4.10. The normalized spacial score (nSPS) is 9.94. The minimum atomic E-state index is -0.268. The molecule has 98 valence electrons. The highest BCUT2D eigenvalue weighted by Gasteiger charge is 2.05. The van der Waals surface area contributed by atoms with Crippen LogP contribution < -0.4 is 10.6 Å². The van der Waals surface area contributed by atoms with Gasteiger partial charge in [-0.2, -0.15) is 0 Å². The average Bonchev–Trinajstić information content (AvgIpc) is 2.32. The first-order valence-corrected chi connectivity index (χ1v) is 6.26. The second-order valence-corrected chi connectivity index (χ2v) is 4.37. The number of anilines is 1. The van der Waals surface area contributed by atoms with Crippen LogP contribution in [0.3, 0.4) is 0 Å². The molecule has 2 amide bonds. The van der Waals surface area contributed by atoms with E-state index in [4.69, 9.17) is 11.6 Å². The van der Waals surface area contributed by atoms with Crippen molar-refractivity contribution in [1.29, 1.82) is 0 Å². The first kappa shape index (κ1) is 14.5. The largest absolute Gasteiger partial charge is 0.355 e. The monoisotopic (exact) mass is 268 g/mol. The number of carbonyl (C=O) groups excluding carboxylic acids is 2. The summed E-state index contributed by atoms with van der Waals surface area (Å²) in [5.74, 6) is -0.480. The van der Waals surface area contributed by atoms with Crippen molar-refractivity contribution in [2.24, 2.45) is 0 Å². The van der Waals surface area contributed by atoms with Crippen LogP contribution in [0.2, 0.25) is 0 Å². The molecule has 0 aliphatic carbocycles. The van der Waals surface area contributed by atoms with E-state index in [0.717, 1.165) is 16.8 Å². The third-order valence-corrected chi connectivity index (χ3v) is 2.69. The molecular formula is C13H17ClN2O2. The molecule has 0 spiro atoms. The first-order valence-electron chi connectivity index (χ1n) is 5.72. The lowest BCUT2D eigenvalue weighted by atomic mass is 10.1. The van der Waals surface area contributed by atoms with Gasteiger partial charge in [0.2, 0.25) is 11.8 Å². The van der Waals surface area contributed by atoms with E-state index in [1.54, 1.807) is 0 Å². The molecule has 0 fully saturated rings. The molecular weight excluding hydrogens is 252 g/mol. The molecule has 0 atom stereocenters. The fourth-order valence-corrected chi connectivity index (χ4v) is 1.62. The standard InChI is InChI=1S/C13H17ClN2O2/c1-9-3-4-11(10(2)7-9)16-12(17)5-6-15-13(18)8-14/h3-4,7H,5-6,8H2,1-2H3,(H,15,18)(H,16,17). The Morgan fingerprint density at radius 1 is 1.22 bits per heavy atom. The van der Waals surface area contributed by atoms with Crippen molar-refractivity contribution < 1.29 is 9.59 Å². The van der Waals surface area contributed by atoms with Gasteiger partial charge in [-0.15, -0.1) is 11.6 Å². The van der Waals surface area contributed by atoms with E-state index in [2.05, 4.69) is 10.6 Å². The molecule has 0 heterocycles. The van der Waals surface area contributed by atoms with Crippen LogP contribution in [0.5, 0.6) is 0 Å². The van der Waals surface area contributed by atoms with Crippen molar-refractivity contribution in [3.8, 4) is 0 Å². The highest BCUT2D eigenvalue weighted by Crippen LogP contribution is 2.15. The van der Waals surface area contributed by atoms with Crippen molar-refractivity contribution in [2.75, 3.05) is 17.7 Å². The average molecular weight is 269 g/mol. The zero-order valence-corrected chi connectivity index (χ0v) is 11.3. The molecule has 2 N–H and O–H groups in total. The third kappa shape index (κ3) is 4.75. The summed E-state index contributed by atoms with van der Waals surface area (Å²) in [5.41, 5.74) is 2.97. The number of benzene rings is 1. The van der Waals surface area contributed by atoms with Gasteiger partial charge in [0, 0.05) is 18.7 Å². The van der Waals surface area contributed by atoms with E-state index in [1.165, 1.54) is 0 Å². The van der Waals surface area contributed by atoms with Crippen molar-refractivity contribution in [1.82, 2.24) is 5.32 Å². The van der Waals surface area contributed by atoms with Gasteiger partial charge in [-0.3, -0.25) is 9.59 Å². The van der Waals surface area contributed by atoms with Gasteiger partial charge in [-0.05, 0) is 25.5 Å². The quantitative estimate of drug-likeness (QED) is 0.803. The second kappa shape index (κ2) is 7.01. The lowest BCUT2D eigenvalue weighted by molar-refractivity contribution is -0.119. The summed E-state index contributed by atoms with van der Waals surface area (Å²) in [6.45, 7) is 4.24. The van der Waals surface area contributed by atoms with Gasteiger partial charge in [0.1, 0.15) is 5.88 Å². The summed E-state index contributed by atoms with van der Waals surface area (Å²) in [5, 5.41) is 5.35. The fourth-order valence-electron chi connectivity index (χ4n) is 1.53.